The Hall–Kier alpha value is -2.10. The second-order valence-corrected chi connectivity index (χ2v) is 8.19. The second-order valence-electron chi connectivity index (χ2n) is 5.72. The van der Waals surface area contributed by atoms with E-state index in [0.717, 1.165) is 29.4 Å². The van der Waals surface area contributed by atoms with Crippen molar-refractivity contribution in [3.8, 4) is 17.6 Å². The molecule has 0 amide bonds. The molecule has 6 heteroatoms. The maximum absolute atomic E-state index is 14.0. The molecule has 3 nitrogen and oxygen atoms in total. The van der Waals surface area contributed by atoms with E-state index < -0.39 is 11.8 Å². The standard InChI is InChI=1S/C20H17FO3S2/c1-25-20(26-2)9-10-24-18-8-4-13(11-16(18)20)3-5-14-6-7-15(19(22)23)12-17(14)21/h4,6-8,11-12H,9-10H2,1-2H3,(H,22,23). The largest absolute Gasteiger partial charge is 0.493 e. The smallest absolute Gasteiger partial charge is 0.335 e. The van der Waals surface area contributed by atoms with Crippen molar-refractivity contribution in [1.82, 2.24) is 0 Å². The molecule has 0 fully saturated rings. The van der Waals surface area contributed by atoms with Crippen LogP contribution in [0.2, 0.25) is 0 Å². The number of aromatic carboxylic acids is 1. The Kier molecular flexibility index (Phi) is 5.49. The van der Waals surface area contributed by atoms with Gasteiger partial charge in [-0.15, -0.1) is 23.5 Å². The Bertz CT molecular complexity index is 911. The number of carboxylic acids is 1. The van der Waals surface area contributed by atoms with Gasteiger partial charge in [-0.1, -0.05) is 11.8 Å². The van der Waals surface area contributed by atoms with Crippen LogP contribution in [0.5, 0.6) is 5.75 Å². The molecule has 1 heterocycles. The average molecular weight is 388 g/mol. The maximum Gasteiger partial charge on any atom is 0.335 e. The van der Waals surface area contributed by atoms with Crippen molar-refractivity contribution >= 4 is 29.5 Å². The molecule has 1 aliphatic heterocycles. The summed E-state index contributed by atoms with van der Waals surface area (Å²) < 4.78 is 19.7. The summed E-state index contributed by atoms with van der Waals surface area (Å²) in [5.74, 6) is 4.83. The van der Waals surface area contributed by atoms with E-state index in [-0.39, 0.29) is 15.2 Å². The molecule has 0 aliphatic carbocycles. The summed E-state index contributed by atoms with van der Waals surface area (Å²) in [5, 5.41) is 8.90. The third-order valence-corrected chi connectivity index (χ3v) is 7.46. The Labute approximate surface area is 160 Å². The summed E-state index contributed by atoms with van der Waals surface area (Å²) in [6, 6.07) is 9.48. The van der Waals surface area contributed by atoms with Crippen molar-refractivity contribution in [3.63, 3.8) is 0 Å². The molecule has 2 aromatic carbocycles. The lowest BCUT2D eigenvalue weighted by Gasteiger charge is -2.36. The average Bonchev–Trinajstić information content (AvgIpc) is 2.66. The number of hydrogen-bond acceptors (Lipinski definition) is 4. The Morgan fingerprint density at radius 3 is 2.62 bits per heavy atom. The molecule has 0 saturated carbocycles. The van der Waals surface area contributed by atoms with Crippen LogP contribution in [0.15, 0.2) is 36.4 Å². The first-order valence-corrected chi connectivity index (χ1v) is 10.4. The molecule has 0 saturated heterocycles. The highest BCUT2D eigenvalue weighted by Crippen LogP contribution is 2.52. The van der Waals surface area contributed by atoms with Crippen LogP contribution in [0.25, 0.3) is 0 Å². The van der Waals surface area contributed by atoms with Gasteiger partial charge in [0.05, 0.1) is 21.8 Å². The number of halogens is 1. The number of rotatable bonds is 3. The van der Waals surface area contributed by atoms with E-state index in [1.165, 1.54) is 12.1 Å². The van der Waals surface area contributed by atoms with Gasteiger partial charge in [0.25, 0.3) is 0 Å². The highest BCUT2D eigenvalue weighted by molar-refractivity contribution is 8.16. The lowest BCUT2D eigenvalue weighted by atomic mass is 10.0. The number of thioether (sulfide) groups is 2. The second kappa shape index (κ2) is 7.65. The predicted octanol–water partition coefficient (Wildman–Crippen LogP) is 4.59. The van der Waals surface area contributed by atoms with E-state index in [4.69, 9.17) is 9.84 Å². The van der Waals surface area contributed by atoms with Gasteiger partial charge < -0.3 is 9.84 Å². The fourth-order valence-corrected chi connectivity index (χ4v) is 4.86. The van der Waals surface area contributed by atoms with Crippen LogP contribution in [0.3, 0.4) is 0 Å². The predicted molar refractivity (Wildman–Crippen MR) is 105 cm³/mol. The van der Waals surface area contributed by atoms with Gasteiger partial charge in [-0.05, 0) is 48.9 Å². The monoisotopic (exact) mass is 388 g/mol. The third-order valence-electron chi connectivity index (χ3n) is 4.30. The van der Waals surface area contributed by atoms with Crippen molar-refractivity contribution in [2.75, 3.05) is 19.1 Å². The van der Waals surface area contributed by atoms with Crippen LogP contribution in [-0.4, -0.2) is 30.2 Å². The van der Waals surface area contributed by atoms with Crippen LogP contribution in [0, 0.1) is 17.7 Å². The lowest BCUT2D eigenvalue weighted by Crippen LogP contribution is -2.26. The summed E-state index contributed by atoms with van der Waals surface area (Å²) in [5.41, 5.74) is 1.94. The van der Waals surface area contributed by atoms with E-state index in [1.54, 1.807) is 23.5 Å². The van der Waals surface area contributed by atoms with Gasteiger partial charge in [-0.2, -0.15) is 0 Å². The van der Waals surface area contributed by atoms with Crippen LogP contribution in [0.4, 0.5) is 4.39 Å². The summed E-state index contributed by atoms with van der Waals surface area (Å²) in [6.07, 6.45) is 5.08. The number of carboxylic acid groups (broad SMARTS) is 1. The highest BCUT2D eigenvalue weighted by atomic mass is 32.2. The number of fused-ring (bicyclic) bond motifs is 1. The zero-order chi connectivity index (χ0) is 18.7. The molecule has 0 atom stereocenters. The molecule has 3 rings (SSSR count). The first-order chi connectivity index (χ1) is 12.5. The van der Waals surface area contributed by atoms with Crippen molar-refractivity contribution in [1.29, 1.82) is 0 Å². The topological polar surface area (TPSA) is 46.5 Å². The molecule has 134 valence electrons. The van der Waals surface area contributed by atoms with Crippen molar-refractivity contribution in [3.05, 3.63) is 64.5 Å². The van der Waals surface area contributed by atoms with E-state index in [9.17, 15) is 9.18 Å². The van der Waals surface area contributed by atoms with Gasteiger partial charge in [0.15, 0.2) is 0 Å². The minimum absolute atomic E-state index is 0.0698. The fraction of sp³-hybridized carbons (Fsp3) is 0.250. The maximum atomic E-state index is 14.0. The Morgan fingerprint density at radius 1 is 1.19 bits per heavy atom. The number of carbonyl (C=O) groups is 1. The van der Waals surface area contributed by atoms with Gasteiger partial charge in [0.2, 0.25) is 0 Å². The quantitative estimate of drug-likeness (QED) is 0.616. The first kappa shape index (κ1) is 18.7. The zero-order valence-corrected chi connectivity index (χ0v) is 16.0. The van der Waals surface area contributed by atoms with Gasteiger partial charge in [-0.3, -0.25) is 0 Å². The van der Waals surface area contributed by atoms with E-state index in [0.29, 0.717) is 6.61 Å². The van der Waals surface area contributed by atoms with Gasteiger partial charge >= 0.3 is 5.97 Å². The van der Waals surface area contributed by atoms with Crippen LogP contribution in [0.1, 0.15) is 33.5 Å². The molecule has 2 aromatic rings. The molecule has 1 N–H and O–H groups in total. The van der Waals surface area contributed by atoms with Crippen molar-refractivity contribution in [2.45, 2.75) is 10.5 Å². The Morgan fingerprint density at radius 2 is 1.96 bits per heavy atom. The summed E-state index contributed by atoms with van der Waals surface area (Å²) in [4.78, 5) is 10.9. The number of benzene rings is 2. The minimum Gasteiger partial charge on any atom is -0.493 e. The van der Waals surface area contributed by atoms with Gasteiger partial charge in [0.1, 0.15) is 11.6 Å². The molecule has 0 bridgehead atoms. The highest BCUT2D eigenvalue weighted by Gasteiger charge is 2.36. The molecule has 0 radical (unpaired) electrons. The van der Waals surface area contributed by atoms with Crippen molar-refractivity contribution in [2.24, 2.45) is 0 Å². The third kappa shape index (κ3) is 3.55. The zero-order valence-electron chi connectivity index (χ0n) is 14.3. The lowest BCUT2D eigenvalue weighted by molar-refractivity contribution is 0.0696. The van der Waals surface area contributed by atoms with E-state index >= 15 is 0 Å². The van der Waals surface area contributed by atoms with E-state index in [1.807, 2.05) is 18.2 Å². The molecular weight excluding hydrogens is 371 g/mol. The fourth-order valence-electron chi connectivity index (χ4n) is 2.86. The molecule has 1 aliphatic rings. The summed E-state index contributed by atoms with van der Waals surface area (Å²) >= 11 is 3.57. The van der Waals surface area contributed by atoms with Crippen LogP contribution >= 0.6 is 23.5 Å². The number of ether oxygens (including phenoxy) is 1. The number of hydrogen-bond donors (Lipinski definition) is 1. The molecule has 0 spiro atoms. The van der Waals surface area contributed by atoms with Crippen LogP contribution < -0.4 is 4.74 Å². The Balaban J connectivity index is 1.96. The SMILES string of the molecule is CSC1(SC)CCOc2ccc(C#Cc3ccc(C(=O)O)cc3F)cc21. The van der Waals surface area contributed by atoms with E-state index in [2.05, 4.69) is 24.4 Å². The summed E-state index contributed by atoms with van der Waals surface area (Å²) in [7, 11) is 0. The molecular formula is C20H17FO3S2. The molecule has 26 heavy (non-hydrogen) atoms. The van der Waals surface area contributed by atoms with Crippen molar-refractivity contribution < 1.29 is 19.0 Å². The molecule has 0 aromatic heterocycles. The van der Waals surface area contributed by atoms with Crippen LogP contribution in [-0.2, 0) is 4.08 Å². The van der Waals surface area contributed by atoms with Gasteiger partial charge in [-0.25, -0.2) is 9.18 Å². The summed E-state index contributed by atoms with van der Waals surface area (Å²) in [6.45, 7) is 0.681. The molecule has 0 unspecified atom stereocenters. The minimum atomic E-state index is -1.16. The first-order valence-electron chi connectivity index (χ1n) is 7.91. The normalized spacial score (nSPS) is 14.6. The van der Waals surface area contributed by atoms with Gasteiger partial charge in [0, 0.05) is 17.5 Å².